The third-order valence-corrected chi connectivity index (χ3v) is 4.89. The molecule has 0 bridgehead atoms. The third-order valence-electron chi connectivity index (χ3n) is 3.46. The van der Waals surface area contributed by atoms with E-state index in [-0.39, 0.29) is 17.3 Å². The van der Waals surface area contributed by atoms with Crippen LogP contribution in [0.25, 0.3) is 0 Å². The van der Waals surface area contributed by atoms with Gasteiger partial charge in [0.25, 0.3) is 5.91 Å². The quantitative estimate of drug-likeness (QED) is 0.690. The number of carbonyl (C=O) groups is 1. The summed E-state index contributed by atoms with van der Waals surface area (Å²) in [5, 5.41) is 7.88. The number of hydrogen-bond donors (Lipinski definition) is 2. The second-order valence-corrected chi connectivity index (χ2v) is 8.69. The number of halogens is 1. The SMILES string of the molecule is CC(C)COc1ccc(Br)cc1C(=O)NCc1ccc(S(N)(=O)=O)cc1. The average molecular weight is 441 g/mol. The Labute approximate surface area is 161 Å². The number of hydrogen-bond acceptors (Lipinski definition) is 4. The minimum absolute atomic E-state index is 0.0314. The van der Waals surface area contributed by atoms with Gasteiger partial charge in [-0.2, -0.15) is 0 Å². The van der Waals surface area contributed by atoms with Gasteiger partial charge < -0.3 is 10.1 Å². The molecule has 0 aromatic heterocycles. The molecule has 6 nitrogen and oxygen atoms in total. The van der Waals surface area contributed by atoms with Crippen molar-refractivity contribution in [2.45, 2.75) is 25.3 Å². The van der Waals surface area contributed by atoms with Crippen LogP contribution in [-0.2, 0) is 16.6 Å². The molecular formula is C18H21BrN2O4S. The minimum Gasteiger partial charge on any atom is -0.492 e. The van der Waals surface area contributed by atoms with Gasteiger partial charge in [-0.3, -0.25) is 4.79 Å². The number of carbonyl (C=O) groups excluding carboxylic acids is 1. The summed E-state index contributed by atoms with van der Waals surface area (Å²) >= 11 is 3.36. The Hall–Kier alpha value is -1.90. The Morgan fingerprint density at radius 2 is 1.85 bits per heavy atom. The lowest BCUT2D eigenvalue weighted by Gasteiger charge is -2.14. The average Bonchev–Trinajstić information content (AvgIpc) is 2.58. The van der Waals surface area contributed by atoms with Gasteiger partial charge in [-0.1, -0.05) is 41.9 Å². The van der Waals surface area contributed by atoms with Gasteiger partial charge in [-0.05, 0) is 41.8 Å². The van der Waals surface area contributed by atoms with Crippen molar-refractivity contribution < 1.29 is 17.9 Å². The van der Waals surface area contributed by atoms with E-state index >= 15 is 0 Å². The summed E-state index contributed by atoms with van der Waals surface area (Å²) in [6.45, 7) is 4.82. The standard InChI is InChI=1S/C18H21BrN2O4S/c1-12(2)11-25-17-8-5-14(19)9-16(17)18(22)21-10-13-3-6-15(7-4-13)26(20,23)24/h3-9,12H,10-11H2,1-2H3,(H,21,22)(H2,20,23,24). The fourth-order valence-corrected chi connectivity index (χ4v) is 3.01. The van der Waals surface area contributed by atoms with Crippen LogP contribution in [0.2, 0.25) is 0 Å². The second-order valence-electron chi connectivity index (χ2n) is 6.22. The molecule has 0 spiro atoms. The Kier molecular flexibility index (Phi) is 6.80. The summed E-state index contributed by atoms with van der Waals surface area (Å²) in [6, 6.07) is 11.3. The van der Waals surface area contributed by atoms with Gasteiger partial charge in [0.2, 0.25) is 10.0 Å². The largest absolute Gasteiger partial charge is 0.492 e. The number of nitrogens with two attached hydrogens (primary N) is 1. The van der Waals surface area contributed by atoms with E-state index in [2.05, 4.69) is 21.2 Å². The zero-order valence-electron chi connectivity index (χ0n) is 14.5. The molecule has 0 fully saturated rings. The van der Waals surface area contributed by atoms with Crippen molar-refractivity contribution in [1.29, 1.82) is 0 Å². The lowest BCUT2D eigenvalue weighted by molar-refractivity contribution is 0.0946. The molecule has 140 valence electrons. The van der Waals surface area contributed by atoms with Gasteiger partial charge in [0.15, 0.2) is 0 Å². The third kappa shape index (κ3) is 5.82. The van der Waals surface area contributed by atoms with Gasteiger partial charge in [0.05, 0.1) is 17.1 Å². The molecule has 0 atom stereocenters. The van der Waals surface area contributed by atoms with Crippen LogP contribution < -0.4 is 15.2 Å². The van der Waals surface area contributed by atoms with Crippen LogP contribution in [0.4, 0.5) is 0 Å². The molecule has 2 aromatic carbocycles. The summed E-state index contributed by atoms with van der Waals surface area (Å²) in [5.41, 5.74) is 1.19. The van der Waals surface area contributed by atoms with Gasteiger partial charge in [0.1, 0.15) is 5.75 Å². The van der Waals surface area contributed by atoms with E-state index in [1.807, 2.05) is 19.9 Å². The first-order valence-corrected chi connectivity index (χ1v) is 10.3. The van der Waals surface area contributed by atoms with Crippen molar-refractivity contribution in [3.63, 3.8) is 0 Å². The highest BCUT2D eigenvalue weighted by atomic mass is 79.9. The molecule has 0 unspecified atom stereocenters. The molecule has 0 saturated carbocycles. The van der Waals surface area contributed by atoms with Gasteiger partial charge in [0, 0.05) is 11.0 Å². The number of ether oxygens (including phenoxy) is 1. The molecule has 26 heavy (non-hydrogen) atoms. The highest BCUT2D eigenvalue weighted by molar-refractivity contribution is 9.10. The van der Waals surface area contributed by atoms with Crippen LogP contribution in [0.3, 0.4) is 0 Å². The minimum atomic E-state index is -3.73. The smallest absolute Gasteiger partial charge is 0.255 e. The highest BCUT2D eigenvalue weighted by Crippen LogP contribution is 2.24. The van der Waals surface area contributed by atoms with Crippen molar-refractivity contribution in [2.24, 2.45) is 11.1 Å². The fourth-order valence-electron chi connectivity index (χ4n) is 2.14. The van der Waals surface area contributed by atoms with Crippen LogP contribution >= 0.6 is 15.9 Å². The Bertz CT molecular complexity index is 881. The van der Waals surface area contributed by atoms with Crippen molar-refractivity contribution in [3.8, 4) is 5.75 Å². The Morgan fingerprint density at radius 1 is 1.19 bits per heavy atom. The topological polar surface area (TPSA) is 98.5 Å². The lowest BCUT2D eigenvalue weighted by atomic mass is 10.1. The molecule has 2 aromatic rings. The van der Waals surface area contributed by atoms with Crippen molar-refractivity contribution in [3.05, 3.63) is 58.1 Å². The summed E-state index contributed by atoms with van der Waals surface area (Å²) in [7, 11) is -3.73. The molecule has 0 radical (unpaired) electrons. The maximum absolute atomic E-state index is 12.5. The van der Waals surface area contributed by atoms with Crippen LogP contribution in [0.5, 0.6) is 5.75 Å². The summed E-state index contributed by atoms with van der Waals surface area (Å²) in [6.07, 6.45) is 0. The zero-order valence-corrected chi connectivity index (χ0v) is 16.9. The maximum Gasteiger partial charge on any atom is 0.255 e. The van der Waals surface area contributed by atoms with Crippen LogP contribution in [0.15, 0.2) is 51.8 Å². The van der Waals surface area contributed by atoms with Crippen LogP contribution in [-0.4, -0.2) is 20.9 Å². The van der Waals surface area contributed by atoms with Gasteiger partial charge in [-0.15, -0.1) is 0 Å². The summed E-state index contributed by atoms with van der Waals surface area (Å²) in [4.78, 5) is 12.6. The Balaban J connectivity index is 2.09. The molecule has 2 rings (SSSR count). The van der Waals surface area contributed by atoms with E-state index in [9.17, 15) is 13.2 Å². The lowest BCUT2D eigenvalue weighted by Crippen LogP contribution is -2.24. The number of sulfonamides is 1. The first kappa shape index (κ1) is 20.4. The van der Waals surface area contributed by atoms with Crippen LogP contribution in [0.1, 0.15) is 29.8 Å². The molecule has 0 aliphatic heterocycles. The van der Waals surface area contributed by atoms with E-state index < -0.39 is 10.0 Å². The normalized spacial score (nSPS) is 11.4. The summed E-state index contributed by atoms with van der Waals surface area (Å²) < 4.78 is 29.0. The summed E-state index contributed by atoms with van der Waals surface area (Å²) in [5.74, 6) is 0.580. The molecule has 1 amide bonds. The number of rotatable bonds is 7. The van der Waals surface area contributed by atoms with E-state index in [4.69, 9.17) is 9.88 Å². The zero-order chi connectivity index (χ0) is 19.3. The molecule has 8 heteroatoms. The van der Waals surface area contributed by atoms with E-state index in [1.165, 1.54) is 12.1 Å². The first-order valence-electron chi connectivity index (χ1n) is 7.99. The van der Waals surface area contributed by atoms with Gasteiger partial charge >= 0.3 is 0 Å². The Morgan fingerprint density at radius 3 is 2.42 bits per heavy atom. The predicted octanol–water partition coefficient (Wildman–Crippen LogP) is 3.06. The van der Waals surface area contributed by atoms with Crippen LogP contribution in [0, 0.1) is 5.92 Å². The predicted molar refractivity (Wildman–Crippen MR) is 103 cm³/mol. The molecule has 0 saturated heterocycles. The molecule has 0 aliphatic carbocycles. The van der Waals surface area contributed by atoms with E-state index in [0.717, 1.165) is 10.0 Å². The monoisotopic (exact) mass is 440 g/mol. The number of primary sulfonamides is 1. The van der Waals surface area contributed by atoms with Gasteiger partial charge in [-0.25, -0.2) is 13.6 Å². The van der Waals surface area contributed by atoms with E-state index in [1.54, 1.807) is 24.3 Å². The molecular weight excluding hydrogens is 420 g/mol. The highest BCUT2D eigenvalue weighted by Gasteiger charge is 2.14. The molecule has 0 aliphatic rings. The van der Waals surface area contributed by atoms with Crippen molar-refractivity contribution in [1.82, 2.24) is 5.32 Å². The second kappa shape index (κ2) is 8.66. The number of nitrogens with one attached hydrogen (secondary N) is 1. The fraction of sp³-hybridized carbons (Fsp3) is 0.278. The maximum atomic E-state index is 12.5. The van der Waals surface area contributed by atoms with Crippen molar-refractivity contribution in [2.75, 3.05) is 6.61 Å². The van der Waals surface area contributed by atoms with E-state index in [0.29, 0.717) is 23.8 Å². The molecule has 3 N–H and O–H groups in total. The van der Waals surface area contributed by atoms with Crippen molar-refractivity contribution >= 4 is 31.9 Å². The first-order chi connectivity index (χ1) is 12.2. The molecule has 0 heterocycles. The number of benzene rings is 2. The number of amides is 1.